The number of ether oxygens (including phenoxy) is 4. The molecule has 3 aliphatic carbocycles. The molecule has 2 fully saturated rings. The minimum atomic E-state index is -1.42. The van der Waals surface area contributed by atoms with Crippen molar-refractivity contribution in [2.45, 2.75) is 114 Å². The number of rotatable bonds is 26. The van der Waals surface area contributed by atoms with Gasteiger partial charge in [-0.3, -0.25) is 4.79 Å². The van der Waals surface area contributed by atoms with E-state index in [0.717, 1.165) is 61.6 Å². The summed E-state index contributed by atoms with van der Waals surface area (Å²) in [4.78, 5) is 23.1. The second-order valence-electron chi connectivity index (χ2n) is 18.0. The SMILES string of the molecule is C=CCOC12Oc3ccc(OCc4ccccc4F)cc3C3C(CCCCO)C(CCCCO)C=C(C(=NOCc4ccccc4)CC1N(CCOCCO)C(=O)CCC1CCCC1)C32. The fourth-order valence-corrected chi connectivity index (χ4v) is 10.8. The summed E-state index contributed by atoms with van der Waals surface area (Å²) in [5, 5.41) is 34.6. The number of allylic oxidation sites excluding steroid dienone is 1. The second kappa shape index (κ2) is 24.3. The van der Waals surface area contributed by atoms with Gasteiger partial charge in [-0.1, -0.05) is 104 Å². The summed E-state index contributed by atoms with van der Waals surface area (Å²) in [5.74, 6) is -0.777. The van der Waals surface area contributed by atoms with Crippen molar-refractivity contribution in [1.82, 2.24) is 4.90 Å². The lowest BCUT2D eigenvalue weighted by molar-refractivity contribution is -0.258. The van der Waals surface area contributed by atoms with Gasteiger partial charge in [-0.2, -0.15) is 0 Å². The molecule has 7 rings (SSSR count). The van der Waals surface area contributed by atoms with Gasteiger partial charge in [-0.25, -0.2) is 4.39 Å². The monoisotopic (exact) mass is 896 g/mol. The van der Waals surface area contributed by atoms with Crippen LogP contribution in [0.25, 0.3) is 0 Å². The van der Waals surface area contributed by atoms with Gasteiger partial charge >= 0.3 is 0 Å². The largest absolute Gasteiger partial charge is 0.489 e. The number of oxime groups is 1. The number of nitrogens with zero attached hydrogens (tertiary/aromatic N) is 2. The van der Waals surface area contributed by atoms with E-state index in [0.29, 0.717) is 48.0 Å². The third kappa shape index (κ3) is 11.9. The Bertz CT molecular complexity index is 2040. The van der Waals surface area contributed by atoms with E-state index >= 15 is 0 Å². The van der Waals surface area contributed by atoms with E-state index in [2.05, 4.69) is 12.7 Å². The highest BCUT2D eigenvalue weighted by Gasteiger charge is 2.65. The van der Waals surface area contributed by atoms with Crippen molar-refractivity contribution in [3.63, 3.8) is 0 Å². The molecular weight excluding hydrogens is 828 g/mol. The van der Waals surface area contributed by atoms with Crippen LogP contribution in [-0.2, 0) is 32.3 Å². The third-order valence-corrected chi connectivity index (χ3v) is 13.9. The first-order valence-corrected chi connectivity index (χ1v) is 24.0. The maximum absolute atomic E-state index is 15.0. The van der Waals surface area contributed by atoms with Gasteiger partial charge < -0.3 is 44.0 Å². The van der Waals surface area contributed by atoms with Gasteiger partial charge in [-0.15, -0.1) is 6.58 Å². The van der Waals surface area contributed by atoms with Gasteiger partial charge in [0.05, 0.1) is 38.1 Å². The molecule has 0 aromatic heterocycles. The lowest BCUT2D eigenvalue weighted by Gasteiger charge is -2.60. The van der Waals surface area contributed by atoms with Crippen LogP contribution < -0.4 is 9.47 Å². The number of hydrogen-bond donors (Lipinski definition) is 3. The molecule has 0 saturated heterocycles. The topological polar surface area (TPSA) is 140 Å². The van der Waals surface area contributed by atoms with Crippen LogP contribution in [0.4, 0.5) is 4.39 Å². The normalized spacial score (nSPS) is 24.2. The molecule has 6 unspecified atom stereocenters. The number of amides is 1. The molecule has 3 N–H and O–H groups in total. The first-order valence-electron chi connectivity index (χ1n) is 24.0. The predicted octanol–water partition coefficient (Wildman–Crippen LogP) is 9.05. The van der Waals surface area contributed by atoms with Crippen LogP contribution in [-0.4, -0.2) is 89.9 Å². The molecule has 6 atom stereocenters. The number of fused-ring (bicyclic) bond motifs is 2. The van der Waals surface area contributed by atoms with Crippen molar-refractivity contribution in [2.75, 3.05) is 46.2 Å². The average molecular weight is 897 g/mol. The molecule has 3 aromatic rings. The third-order valence-electron chi connectivity index (χ3n) is 13.9. The van der Waals surface area contributed by atoms with Crippen molar-refractivity contribution in [3.8, 4) is 11.5 Å². The summed E-state index contributed by atoms with van der Waals surface area (Å²) >= 11 is 0. The molecule has 0 bridgehead atoms. The van der Waals surface area contributed by atoms with E-state index in [1.807, 2.05) is 53.4 Å². The van der Waals surface area contributed by atoms with Crippen molar-refractivity contribution < 1.29 is 48.3 Å². The van der Waals surface area contributed by atoms with Crippen LogP contribution in [0, 0.1) is 29.5 Å². The molecule has 1 amide bonds. The minimum absolute atomic E-state index is 0.0203. The van der Waals surface area contributed by atoms with Gasteiger partial charge in [0.1, 0.15) is 36.6 Å². The van der Waals surface area contributed by atoms with Crippen LogP contribution in [0.3, 0.4) is 0 Å². The molecule has 4 aliphatic rings. The van der Waals surface area contributed by atoms with E-state index in [9.17, 15) is 24.5 Å². The van der Waals surface area contributed by atoms with Crippen LogP contribution in [0.2, 0.25) is 0 Å². The summed E-state index contributed by atoms with van der Waals surface area (Å²) in [5.41, 5.74) is 3.98. The fraction of sp³-hybridized carbons (Fsp3) is 0.547. The predicted molar refractivity (Wildman–Crippen MR) is 248 cm³/mol. The number of carbonyl (C=O) groups is 1. The van der Waals surface area contributed by atoms with E-state index in [1.54, 1.807) is 24.3 Å². The Labute approximate surface area is 384 Å². The number of halogens is 1. The molecule has 11 nitrogen and oxygen atoms in total. The van der Waals surface area contributed by atoms with E-state index in [4.69, 9.17) is 28.9 Å². The van der Waals surface area contributed by atoms with E-state index < -0.39 is 17.7 Å². The number of aliphatic hydroxyl groups is 3. The molecule has 2 saturated carbocycles. The molecule has 1 heterocycles. The molecular formula is C53H69FN2O9. The van der Waals surface area contributed by atoms with Crippen LogP contribution in [0.1, 0.15) is 106 Å². The maximum atomic E-state index is 15.0. The van der Waals surface area contributed by atoms with Crippen LogP contribution in [0.5, 0.6) is 11.5 Å². The zero-order valence-electron chi connectivity index (χ0n) is 37.9. The smallest absolute Gasteiger partial charge is 0.239 e. The van der Waals surface area contributed by atoms with Crippen molar-refractivity contribution >= 4 is 11.6 Å². The van der Waals surface area contributed by atoms with Crippen molar-refractivity contribution in [1.29, 1.82) is 0 Å². The number of carbonyl (C=O) groups excluding carboxylic acids is 1. The quantitative estimate of drug-likeness (QED) is 0.0409. The molecule has 1 aliphatic heterocycles. The summed E-state index contributed by atoms with van der Waals surface area (Å²) in [6.07, 6.45) is 14.6. The number of benzene rings is 3. The Morgan fingerprint density at radius 2 is 1.68 bits per heavy atom. The fourth-order valence-electron chi connectivity index (χ4n) is 10.8. The first-order chi connectivity index (χ1) is 31.9. The standard InChI is InChI=1S/C53H69FN2O9/c1-2-30-63-53-49(56(26-31-61-32-29-59)50(60)25-22-38-14-6-7-15-38)35-47(55-64-36-39-16-4-3-5-17-39)44-33-40(18-10-12-27-57)43(20-11-13-28-58)51(52(44)53)45-34-42(23-24-48(45)65-53)62-37-41-19-8-9-21-46(41)54/h2-5,8-9,16-17,19,21,23-24,33-34,38,40,43,49,51-52,57-59H,1,6-7,10-15,18,20,22,25-32,35-37H2. The van der Waals surface area contributed by atoms with Gasteiger partial charge in [0, 0.05) is 49.6 Å². The minimum Gasteiger partial charge on any atom is -0.489 e. The summed E-state index contributed by atoms with van der Waals surface area (Å²) in [6, 6.07) is 21.6. The zero-order valence-corrected chi connectivity index (χ0v) is 37.9. The molecule has 0 spiro atoms. The molecule has 12 heteroatoms. The van der Waals surface area contributed by atoms with Crippen LogP contribution >= 0.6 is 0 Å². The molecule has 3 aromatic carbocycles. The van der Waals surface area contributed by atoms with E-state index in [-0.39, 0.29) is 95.3 Å². The highest BCUT2D eigenvalue weighted by molar-refractivity contribution is 6.03. The molecule has 0 radical (unpaired) electrons. The van der Waals surface area contributed by atoms with Gasteiger partial charge in [0.25, 0.3) is 0 Å². The van der Waals surface area contributed by atoms with Crippen molar-refractivity contribution in [3.05, 3.63) is 120 Å². The lowest BCUT2D eigenvalue weighted by Crippen LogP contribution is -2.70. The van der Waals surface area contributed by atoms with Crippen molar-refractivity contribution in [2.24, 2.45) is 28.8 Å². The van der Waals surface area contributed by atoms with Gasteiger partial charge in [-0.05, 0) is 85.3 Å². The first kappa shape index (κ1) is 48.3. The Kier molecular flexibility index (Phi) is 18.0. The Morgan fingerprint density at radius 3 is 2.43 bits per heavy atom. The highest BCUT2D eigenvalue weighted by Crippen LogP contribution is 2.62. The highest BCUT2D eigenvalue weighted by atomic mass is 19.1. The number of unbranched alkanes of at least 4 members (excludes halogenated alkanes) is 2. The average Bonchev–Trinajstić information content (AvgIpc) is 3.86. The summed E-state index contributed by atoms with van der Waals surface area (Å²) in [7, 11) is 0. The number of aliphatic hydroxyl groups excluding tert-OH is 3. The lowest BCUT2D eigenvalue weighted by atomic mass is 9.55. The Balaban J connectivity index is 1.39. The maximum Gasteiger partial charge on any atom is 0.239 e. The van der Waals surface area contributed by atoms with Crippen LogP contribution in [0.15, 0.2) is 102 Å². The van der Waals surface area contributed by atoms with Gasteiger partial charge in [0.15, 0.2) is 0 Å². The Morgan fingerprint density at radius 1 is 0.908 bits per heavy atom. The summed E-state index contributed by atoms with van der Waals surface area (Å²) < 4.78 is 41.6. The molecule has 65 heavy (non-hydrogen) atoms. The summed E-state index contributed by atoms with van der Waals surface area (Å²) in [6.45, 7) is 5.11. The number of hydrogen-bond acceptors (Lipinski definition) is 10. The molecule has 352 valence electrons. The second-order valence-corrected chi connectivity index (χ2v) is 18.0. The zero-order chi connectivity index (χ0) is 45.4. The Hall–Kier alpha value is -4.59. The van der Waals surface area contributed by atoms with Gasteiger partial charge in [0.2, 0.25) is 11.7 Å². The van der Waals surface area contributed by atoms with E-state index in [1.165, 1.54) is 18.9 Å².